The molecule has 7 heteroatoms. The molecule has 0 aliphatic carbocycles. The minimum atomic E-state index is -1.29. The first kappa shape index (κ1) is 10.1. The van der Waals surface area contributed by atoms with Crippen LogP contribution in [0.25, 0.3) is 0 Å². The summed E-state index contributed by atoms with van der Waals surface area (Å²) in [4.78, 5) is 30.5. The van der Waals surface area contributed by atoms with Crippen molar-refractivity contribution < 1.29 is 19.5 Å². The largest absolute Gasteiger partial charge is 0.477 e. The quantitative estimate of drug-likeness (QED) is 0.255. The summed E-state index contributed by atoms with van der Waals surface area (Å²) in [7, 11) is 0. The number of hydrazone groups is 1. The fourth-order valence-corrected chi connectivity index (χ4v) is 0.238. The van der Waals surface area contributed by atoms with Crippen LogP contribution in [0.4, 0.5) is 0 Å². The van der Waals surface area contributed by atoms with Gasteiger partial charge >= 0.3 is 17.8 Å². The molecular formula is C5H7N3O4. The highest BCUT2D eigenvalue weighted by molar-refractivity contribution is 6.36. The van der Waals surface area contributed by atoms with E-state index in [9.17, 15) is 14.4 Å². The third-order valence-corrected chi connectivity index (χ3v) is 0.858. The summed E-state index contributed by atoms with van der Waals surface area (Å²) < 4.78 is 0. The van der Waals surface area contributed by atoms with Gasteiger partial charge in [0.2, 0.25) is 0 Å². The van der Waals surface area contributed by atoms with E-state index in [1.54, 1.807) is 5.43 Å². The van der Waals surface area contributed by atoms with Crippen molar-refractivity contribution in [1.29, 1.82) is 0 Å². The molecule has 0 aliphatic heterocycles. The number of carbonyl (C=O) groups is 3. The summed E-state index contributed by atoms with van der Waals surface area (Å²) in [5.41, 5.74) is 5.84. The highest BCUT2D eigenvalue weighted by Crippen LogP contribution is 1.74. The van der Waals surface area contributed by atoms with Gasteiger partial charge in [0.25, 0.3) is 0 Å². The van der Waals surface area contributed by atoms with E-state index in [0.717, 1.165) is 6.92 Å². The monoisotopic (exact) mass is 173 g/mol. The van der Waals surface area contributed by atoms with Crippen LogP contribution in [-0.4, -0.2) is 28.6 Å². The van der Waals surface area contributed by atoms with E-state index < -0.39 is 17.8 Å². The lowest BCUT2D eigenvalue weighted by Crippen LogP contribution is -2.34. The Kier molecular flexibility index (Phi) is 3.41. The summed E-state index contributed by atoms with van der Waals surface area (Å²) in [6.45, 7) is 1.16. The fourth-order valence-electron chi connectivity index (χ4n) is 0.238. The number of nitrogens with zero attached hydrogens (tertiary/aromatic N) is 1. The molecule has 0 heterocycles. The molecule has 0 fully saturated rings. The van der Waals surface area contributed by atoms with Crippen molar-refractivity contribution in [2.24, 2.45) is 10.8 Å². The van der Waals surface area contributed by atoms with Gasteiger partial charge in [-0.25, -0.2) is 10.2 Å². The summed E-state index contributed by atoms with van der Waals surface area (Å²) in [6.07, 6.45) is 0. The summed E-state index contributed by atoms with van der Waals surface area (Å²) in [5, 5.41) is 11.3. The second kappa shape index (κ2) is 4.06. The molecule has 0 aromatic rings. The number of hydrogen-bond donors (Lipinski definition) is 3. The molecule has 0 saturated carbocycles. The van der Waals surface area contributed by atoms with Gasteiger partial charge in [0, 0.05) is 0 Å². The number of primary amides is 1. The van der Waals surface area contributed by atoms with Gasteiger partial charge in [-0.15, -0.1) is 0 Å². The van der Waals surface area contributed by atoms with Crippen molar-refractivity contribution in [3.8, 4) is 0 Å². The van der Waals surface area contributed by atoms with Crippen molar-refractivity contribution >= 4 is 23.5 Å². The lowest BCUT2D eigenvalue weighted by atomic mass is 10.4. The molecule has 7 nitrogen and oxygen atoms in total. The third-order valence-electron chi connectivity index (χ3n) is 0.858. The number of nitrogens with two attached hydrogens (primary N) is 1. The molecule has 12 heavy (non-hydrogen) atoms. The summed E-state index contributed by atoms with van der Waals surface area (Å²) in [5.74, 6) is -3.67. The Morgan fingerprint density at radius 1 is 1.42 bits per heavy atom. The SMILES string of the molecule is C/C(=N\NC(=O)C(N)=O)C(=O)O. The second-order valence-corrected chi connectivity index (χ2v) is 1.81. The van der Waals surface area contributed by atoms with Crippen molar-refractivity contribution in [1.82, 2.24) is 5.43 Å². The minimum Gasteiger partial charge on any atom is -0.477 e. The Morgan fingerprint density at radius 3 is 2.25 bits per heavy atom. The average molecular weight is 173 g/mol. The molecule has 2 amide bonds. The first-order chi connectivity index (χ1) is 5.45. The zero-order chi connectivity index (χ0) is 9.72. The predicted octanol–water partition coefficient (Wildman–Crippen LogP) is -1.95. The van der Waals surface area contributed by atoms with E-state index in [1.807, 2.05) is 0 Å². The molecule has 0 aromatic carbocycles. The van der Waals surface area contributed by atoms with Gasteiger partial charge in [-0.3, -0.25) is 9.59 Å². The molecule has 4 N–H and O–H groups in total. The van der Waals surface area contributed by atoms with Crippen molar-refractivity contribution in [3.63, 3.8) is 0 Å². The van der Waals surface area contributed by atoms with Crippen LogP contribution in [0.15, 0.2) is 5.10 Å². The summed E-state index contributed by atoms with van der Waals surface area (Å²) >= 11 is 0. The van der Waals surface area contributed by atoms with E-state index in [1.165, 1.54) is 0 Å². The molecule has 0 saturated heterocycles. The number of carbonyl (C=O) groups excluding carboxylic acids is 2. The van der Waals surface area contributed by atoms with Crippen LogP contribution < -0.4 is 11.2 Å². The number of carboxylic acids is 1. The first-order valence-electron chi connectivity index (χ1n) is 2.82. The van der Waals surface area contributed by atoms with Crippen LogP contribution >= 0.6 is 0 Å². The van der Waals surface area contributed by atoms with E-state index in [0.29, 0.717) is 0 Å². The van der Waals surface area contributed by atoms with Gasteiger partial charge in [-0.2, -0.15) is 5.10 Å². The van der Waals surface area contributed by atoms with Gasteiger partial charge < -0.3 is 10.8 Å². The van der Waals surface area contributed by atoms with Crippen molar-refractivity contribution in [3.05, 3.63) is 0 Å². The highest BCUT2D eigenvalue weighted by Gasteiger charge is 2.08. The summed E-state index contributed by atoms with van der Waals surface area (Å²) in [6, 6.07) is 0. The maximum absolute atomic E-state index is 10.4. The van der Waals surface area contributed by atoms with Gasteiger partial charge in [0.1, 0.15) is 5.71 Å². The Bertz CT molecular complexity index is 257. The maximum Gasteiger partial charge on any atom is 0.351 e. The van der Waals surface area contributed by atoms with E-state index in [-0.39, 0.29) is 5.71 Å². The Labute approximate surface area is 67.2 Å². The normalized spacial score (nSPS) is 10.6. The topological polar surface area (TPSA) is 122 Å². The molecule has 0 spiro atoms. The molecule has 66 valence electrons. The Morgan fingerprint density at radius 2 is 1.92 bits per heavy atom. The van der Waals surface area contributed by atoms with Crippen LogP contribution in [0.1, 0.15) is 6.92 Å². The van der Waals surface area contributed by atoms with Crippen molar-refractivity contribution in [2.45, 2.75) is 6.92 Å². The van der Waals surface area contributed by atoms with Crippen LogP contribution in [0.3, 0.4) is 0 Å². The lowest BCUT2D eigenvalue weighted by Gasteiger charge is -1.94. The Balaban J connectivity index is 4.14. The fraction of sp³-hybridized carbons (Fsp3) is 0.200. The number of amides is 2. The van der Waals surface area contributed by atoms with Crippen LogP contribution in [-0.2, 0) is 14.4 Å². The predicted molar refractivity (Wildman–Crippen MR) is 38.1 cm³/mol. The van der Waals surface area contributed by atoms with Crippen LogP contribution in [0.2, 0.25) is 0 Å². The number of hydrogen-bond acceptors (Lipinski definition) is 4. The van der Waals surface area contributed by atoms with E-state index >= 15 is 0 Å². The minimum absolute atomic E-state index is 0.343. The zero-order valence-electron chi connectivity index (χ0n) is 6.20. The van der Waals surface area contributed by atoms with Crippen molar-refractivity contribution in [2.75, 3.05) is 0 Å². The molecule has 0 aliphatic rings. The molecule has 0 radical (unpaired) electrons. The maximum atomic E-state index is 10.4. The van der Waals surface area contributed by atoms with Gasteiger partial charge in [0.15, 0.2) is 0 Å². The second-order valence-electron chi connectivity index (χ2n) is 1.81. The molecule has 0 unspecified atom stereocenters. The van der Waals surface area contributed by atoms with Gasteiger partial charge in [0.05, 0.1) is 0 Å². The number of carboxylic acid groups (broad SMARTS) is 1. The molecule has 0 bridgehead atoms. The standard InChI is InChI=1S/C5H7N3O4/c1-2(5(11)12)7-8-4(10)3(6)9/h1H3,(H2,6,9)(H,8,10)(H,11,12)/b7-2+. The molecule has 0 atom stereocenters. The number of nitrogens with one attached hydrogen (secondary N) is 1. The smallest absolute Gasteiger partial charge is 0.351 e. The highest BCUT2D eigenvalue weighted by atomic mass is 16.4. The number of rotatable bonds is 2. The molecule has 0 aromatic heterocycles. The van der Waals surface area contributed by atoms with Gasteiger partial charge in [-0.1, -0.05) is 0 Å². The average Bonchev–Trinajstić information content (AvgIpc) is 1.98. The zero-order valence-corrected chi connectivity index (χ0v) is 6.20. The number of aliphatic carboxylic acids is 1. The van der Waals surface area contributed by atoms with Gasteiger partial charge in [-0.05, 0) is 6.92 Å². The van der Waals surface area contributed by atoms with E-state index in [4.69, 9.17) is 5.11 Å². The van der Waals surface area contributed by atoms with Crippen LogP contribution in [0, 0.1) is 0 Å². The first-order valence-corrected chi connectivity index (χ1v) is 2.82. The molecule has 0 rings (SSSR count). The lowest BCUT2D eigenvalue weighted by molar-refractivity contribution is -0.137. The van der Waals surface area contributed by atoms with Crippen LogP contribution in [0.5, 0.6) is 0 Å². The van der Waals surface area contributed by atoms with E-state index in [2.05, 4.69) is 10.8 Å². The third kappa shape index (κ3) is 3.30. The Hall–Kier alpha value is -1.92. The molecular weight excluding hydrogens is 166 g/mol.